The number of methoxy groups -OCH3 is 1. The molecule has 0 spiro atoms. The Balaban J connectivity index is 2.30. The van der Waals surface area contributed by atoms with Gasteiger partial charge in [0.1, 0.15) is 11.0 Å². The van der Waals surface area contributed by atoms with E-state index in [1.165, 1.54) is 7.11 Å². The Kier molecular flexibility index (Phi) is 3.30. The van der Waals surface area contributed by atoms with E-state index in [0.29, 0.717) is 12.4 Å². The van der Waals surface area contributed by atoms with Gasteiger partial charge in [-0.15, -0.1) is 0 Å². The molecule has 2 heterocycles. The molecule has 0 saturated carbocycles. The summed E-state index contributed by atoms with van der Waals surface area (Å²) in [5, 5.41) is -0.258. The average Bonchev–Trinajstić information content (AvgIpc) is 2.28. The fourth-order valence-electron chi connectivity index (χ4n) is 1.88. The Labute approximate surface area is 96.2 Å². The van der Waals surface area contributed by atoms with Crippen LogP contribution >= 0.6 is 0 Å². The van der Waals surface area contributed by atoms with Crippen LogP contribution in [0.25, 0.3) is 0 Å². The molecular formula is C10H14O5S. The van der Waals surface area contributed by atoms with Crippen molar-refractivity contribution >= 4 is 16.8 Å². The lowest BCUT2D eigenvalue weighted by Gasteiger charge is -2.35. The van der Waals surface area contributed by atoms with E-state index >= 15 is 0 Å². The van der Waals surface area contributed by atoms with Crippen molar-refractivity contribution in [2.75, 3.05) is 13.7 Å². The molecule has 0 aliphatic carbocycles. The van der Waals surface area contributed by atoms with Crippen molar-refractivity contribution in [2.45, 2.75) is 31.3 Å². The van der Waals surface area contributed by atoms with Gasteiger partial charge in [0.2, 0.25) is 6.29 Å². The molecule has 5 nitrogen and oxygen atoms in total. The highest BCUT2D eigenvalue weighted by Gasteiger charge is 2.41. The first-order chi connectivity index (χ1) is 7.65. The third-order valence-corrected chi connectivity index (χ3v) is 4.54. The first kappa shape index (κ1) is 11.6. The average molecular weight is 246 g/mol. The molecule has 1 fully saturated rings. The van der Waals surface area contributed by atoms with Crippen LogP contribution in [0, 0.1) is 0 Å². The zero-order chi connectivity index (χ0) is 11.7. The van der Waals surface area contributed by atoms with Crippen molar-refractivity contribution in [3.8, 4) is 0 Å². The third-order valence-electron chi connectivity index (χ3n) is 2.68. The van der Waals surface area contributed by atoms with Crippen molar-refractivity contribution in [2.24, 2.45) is 0 Å². The van der Waals surface area contributed by atoms with E-state index in [0.717, 1.165) is 12.8 Å². The molecular weight excluding hydrogens is 232 g/mol. The lowest BCUT2D eigenvalue weighted by atomic mass is 10.2. The standard InChI is InChI=1S/C10H14O5S/c1-6-8(9(11)13-2)16(12)7-4-3-5-14-10(7)15-6/h7,10H,3-5H2,1-2H3/t7-,10-,16?/m1/s1. The second-order valence-corrected chi connectivity index (χ2v) is 5.32. The van der Waals surface area contributed by atoms with Gasteiger partial charge in [-0.25, -0.2) is 4.79 Å². The maximum absolute atomic E-state index is 12.2. The summed E-state index contributed by atoms with van der Waals surface area (Å²) < 4.78 is 27.6. The Bertz CT molecular complexity index is 362. The van der Waals surface area contributed by atoms with Gasteiger partial charge in [-0.05, 0) is 19.8 Å². The molecule has 2 rings (SSSR count). The van der Waals surface area contributed by atoms with Crippen LogP contribution in [-0.4, -0.2) is 35.4 Å². The SMILES string of the molecule is COC(=O)C1=C(C)O[C@H]2OCCC[C@H]2S1=O. The van der Waals surface area contributed by atoms with E-state index in [1.54, 1.807) is 6.92 Å². The lowest BCUT2D eigenvalue weighted by Crippen LogP contribution is -2.43. The summed E-state index contributed by atoms with van der Waals surface area (Å²) in [7, 11) is -0.132. The summed E-state index contributed by atoms with van der Waals surface area (Å²) in [6.45, 7) is 2.22. The Hall–Kier alpha value is -0.880. The Morgan fingerprint density at radius 1 is 1.56 bits per heavy atom. The highest BCUT2D eigenvalue weighted by molar-refractivity contribution is 7.90. The zero-order valence-corrected chi connectivity index (χ0v) is 10.0. The Morgan fingerprint density at radius 2 is 2.31 bits per heavy atom. The predicted molar refractivity (Wildman–Crippen MR) is 56.7 cm³/mol. The molecule has 16 heavy (non-hydrogen) atoms. The molecule has 3 atom stereocenters. The molecule has 0 bridgehead atoms. The van der Waals surface area contributed by atoms with Gasteiger partial charge in [0.15, 0.2) is 4.91 Å². The number of carbonyl (C=O) groups is 1. The molecule has 0 radical (unpaired) electrons. The molecule has 0 aromatic heterocycles. The maximum atomic E-state index is 12.2. The molecule has 0 aromatic rings. The molecule has 0 amide bonds. The summed E-state index contributed by atoms with van der Waals surface area (Å²) in [5.41, 5.74) is 0. The molecule has 2 aliphatic heterocycles. The largest absolute Gasteiger partial charge is 0.467 e. The van der Waals surface area contributed by atoms with Gasteiger partial charge in [-0.3, -0.25) is 4.21 Å². The first-order valence-corrected chi connectivity index (χ1v) is 6.34. The minimum Gasteiger partial charge on any atom is -0.467 e. The highest BCUT2D eigenvalue weighted by atomic mass is 32.2. The van der Waals surface area contributed by atoms with Crippen LogP contribution in [-0.2, 0) is 29.8 Å². The highest BCUT2D eigenvalue weighted by Crippen LogP contribution is 2.32. The van der Waals surface area contributed by atoms with Gasteiger partial charge in [-0.1, -0.05) is 0 Å². The first-order valence-electron chi connectivity index (χ1n) is 5.13. The van der Waals surface area contributed by atoms with Crippen LogP contribution in [0.4, 0.5) is 0 Å². The summed E-state index contributed by atoms with van der Waals surface area (Å²) in [6.07, 6.45) is 1.09. The van der Waals surface area contributed by atoms with E-state index in [2.05, 4.69) is 4.74 Å². The smallest absolute Gasteiger partial charge is 0.350 e. The second kappa shape index (κ2) is 4.55. The molecule has 6 heteroatoms. The van der Waals surface area contributed by atoms with Crippen LogP contribution < -0.4 is 0 Å². The topological polar surface area (TPSA) is 61.8 Å². The van der Waals surface area contributed by atoms with Crippen LogP contribution in [0.15, 0.2) is 10.7 Å². The molecule has 1 unspecified atom stereocenters. The van der Waals surface area contributed by atoms with E-state index in [9.17, 15) is 9.00 Å². The number of allylic oxidation sites excluding steroid dienone is 1. The zero-order valence-electron chi connectivity index (χ0n) is 9.23. The molecule has 0 N–H and O–H groups in total. The monoisotopic (exact) mass is 246 g/mol. The number of rotatable bonds is 1. The van der Waals surface area contributed by atoms with E-state index in [1.807, 2.05) is 0 Å². The van der Waals surface area contributed by atoms with E-state index < -0.39 is 23.1 Å². The number of esters is 1. The van der Waals surface area contributed by atoms with Crippen LogP contribution in [0.1, 0.15) is 19.8 Å². The second-order valence-electron chi connectivity index (χ2n) is 3.71. The minimum absolute atomic E-state index is 0.134. The van der Waals surface area contributed by atoms with Crippen molar-refractivity contribution in [1.82, 2.24) is 0 Å². The molecule has 0 aromatic carbocycles. The van der Waals surface area contributed by atoms with Gasteiger partial charge in [0.25, 0.3) is 0 Å². The molecule has 2 aliphatic rings. The Morgan fingerprint density at radius 3 is 3.00 bits per heavy atom. The van der Waals surface area contributed by atoms with E-state index in [-0.39, 0.29) is 10.2 Å². The van der Waals surface area contributed by atoms with Gasteiger partial charge in [0.05, 0.1) is 24.5 Å². The van der Waals surface area contributed by atoms with Crippen LogP contribution in [0.2, 0.25) is 0 Å². The lowest BCUT2D eigenvalue weighted by molar-refractivity contribution is -0.143. The summed E-state index contributed by atoms with van der Waals surface area (Å²) in [6, 6.07) is 0. The van der Waals surface area contributed by atoms with Crippen molar-refractivity contribution in [3.05, 3.63) is 10.7 Å². The summed E-state index contributed by atoms with van der Waals surface area (Å²) >= 11 is 0. The quantitative estimate of drug-likeness (QED) is 0.636. The molecule has 90 valence electrons. The van der Waals surface area contributed by atoms with E-state index in [4.69, 9.17) is 9.47 Å². The van der Waals surface area contributed by atoms with Gasteiger partial charge < -0.3 is 14.2 Å². The maximum Gasteiger partial charge on any atom is 0.350 e. The number of fused-ring (bicyclic) bond motifs is 1. The number of carbonyl (C=O) groups excluding carboxylic acids is 1. The minimum atomic E-state index is -1.40. The summed E-state index contributed by atoms with van der Waals surface area (Å²) in [5.74, 6) is -0.242. The predicted octanol–water partition coefficient (Wildman–Crippen LogP) is 0.675. The normalized spacial score (nSPS) is 34.0. The van der Waals surface area contributed by atoms with Gasteiger partial charge in [-0.2, -0.15) is 0 Å². The van der Waals surface area contributed by atoms with Crippen LogP contribution in [0.5, 0.6) is 0 Å². The number of ether oxygens (including phenoxy) is 3. The fourth-order valence-corrected chi connectivity index (χ4v) is 3.48. The number of hydrogen-bond donors (Lipinski definition) is 0. The van der Waals surface area contributed by atoms with Crippen molar-refractivity contribution < 1.29 is 23.2 Å². The van der Waals surface area contributed by atoms with Gasteiger partial charge >= 0.3 is 5.97 Å². The van der Waals surface area contributed by atoms with Crippen molar-refractivity contribution in [3.63, 3.8) is 0 Å². The third kappa shape index (κ3) is 1.87. The number of hydrogen-bond acceptors (Lipinski definition) is 5. The van der Waals surface area contributed by atoms with Gasteiger partial charge in [0, 0.05) is 0 Å². The van der Waals surface area contributed by atoms with Crippen LogP contribution in [0.3, 0.4) is 0 Å². The summed E-state index contributed by atoms with van der Waals surface area (Å²) in [4.78, 5) is 11.6. The van der Waals surface area contributed by atoms with Crippen molar-refractivity contribution in [1.29, 1.82) is 0 Å². The fraction of sp³-hybridized carbons (Fsp3) is 0.700. The molecule has 1 saturated heterocycles.